The Balaban J connectivity index is 0.763. The van der Waals surface area contributed by atoms with E-state index in [0.29, 0.717) is 67.6 Å². The van der Waals surface area contributed by atoms with Gasteiger partial charge < -0.3 is 40.7 Å². The lowest BCUT2D eigenvalue weighted by atomic mass is 9.47. The van der Waals surface area contributed by atoms with Crippen LogP contribution in [0.1, 0.15) is 178 Å². The fraction of sp³-hybridized carbons (Fsp3) is 0.532. The molecule has 4 amide bonds. The first-order chi connectivity index (χ1) is 43.5. The van der Waals surface area contributed by atoms with E-state index < -0.39 is 35.6 Å². The molecule has 0 aromatic heterocycles. The van der Waals surface area contributed by atoms with Crippen molar-refractivity contribution in [2.24, 2.45) is 46.3 Å². The smallest absolute Gasteiger partial charge is 0.246 e. The van der Waals surface area contributed by atoms with Crippen LogP contribution in [0.4, 0.5) is 15.8 Å². The van der Waals surface area contributed by atoms with Crippen molar-refractivity contribution >= 4 is 35.0 Å². The van der Waals surface area contributed by atoms with E-state index in [1.54, 1.807) is 49.1 Å². The normalized spacial score (nSPS) is 22.9. The van der Waals surface area contributed by atoms with Crippen molar-refractivity contribution < 1.29 is 38.1 Å². The minimum absolute atomic E-state index is 0.0352. The average molecular weight is 1230 g/mol. The minimum atomic E-state index is -0.951. The quantitative estimate of drug-likeness (QED) is 0.0210. The van der Waals surface area contributed by atoms with E-state index >= 15 is 0 Å². The molecule has 9 rings (SSSR count). The number of nitrogens with zero attached hydrogens (tertiary/aromatic N) is 1. The number of carbonyl (C=O) groups excluding carboxylic acids is 4. The molecular formula is C77H102FN5O7. The van der Waals surface area contributed by atoms with Gasteiger partial charge in [0.1, 0.15) is 17.6 Å². The van der Waals surface area contributed by atoms with E-state index in [-0.39, 0.29) is 55.8 Å². The van der Waals surface area contributed by atoms with Gasteiger partial charge in [-0.3, -0.25) is 19.2 Å². The van der Waals surface area contributed by atoms with Crippen LogP contribution < -0.4 is 30.9 Å². The zero-order valence-corrected chi connectivity index (χ0v) is 54.5. The predicted molar refractivity (Wildman–Crippen MR) is 358 cm³/mol. The summed E-state index contributed by atoms with van der Waals surface area (Å²) in [6.07, 6.45) is 19.0. The third-order valence-corrected chi connectivity index (χ3v) is 21.2. The molecule has 0 radical (unpaired) electrons. The van der Waals surface area contributed by atoms with Gasteiger partial charge in [0.15, 0.2) is 0 Å². The topological polar surface area (TPSA) is 158 Å². The highest BCUT2D eigenvalue weighted by Gasteiger charge is 2.59. The molecule has 0 spiro atoms. The van der Waals surface area contributed by atoms with Gasteiger partial charge in [0.25, 0.3) is 0 Å². The van der Waals surface area contributed by atoms with E-state index in [2.05, 4.69) is 103 Å². The molecule has 5 aromatic rings. The first kappa shape index (κ1) is 67.6. The number of nitrogens with one attached hydrogen (secondary N) is 4. The highest BCUT2D eigenvalue weighted by molar-refractivity contribution is 5.97. The number of aliphatic hydroxyl groups excluding tert-OH is 1. The average Bonchev–Trinajstić information content (AvgIpc) is 1.35. The molecule has 0 aliphatic heterocycles. The van der Waals surface area contributed by atoms with Gasteiger partial charge in [-0.1, -0.05) is 150 Å². The highest BCUT2D eigenvalue weighted by Crippen LogP contribution is 2.67. The van der Waals surface area contributed by atoms with Gasteiger partial charge in [0.2, 0.25) is 23.6 Å². The third-order valence-electron chi connectivity index (χ3n) is 21.2. The van der Waals surface area contributed by atoms with Gasteiger partial charge in [-0.15, -0.1) is 0 Å². The fourth-order valence-electron chi connectivity index (χ4n) is 16.3. The predicted octanol–water partition coefficient (Wildman–Crippen LogP) is 15.0. The summed E-state index contributed by atoms with van der Waals surface area (Å²) < 4.78 is 26.1. The minimum Gasteiger partial charge on any atom is -0.497 e. The van der Waals surface area contributed by atoms with Crippen LogP contribution >= 0.6 is 0 Å². The summed E-state index contributed by atoms with van der Waals surface area (Å²) in [5, 5.41) is 21.6. The van der Waals surface area contributed by atoms with Crippen molar-refractivity contribution in [1.82, 2.24) is 16.0 Å². The Labute approximate surface area is 536 Å². The molecule has 4 aliphatic rings. The number of rotatable bonds is 32. The molecule has 13 heteroatoms. The molecule has 10 atom stereocenters. The second kappa shape index (κ2) is 32.4. The molecule has 3 unspecified atom stereocenters. The SMILES string of the molecule is COc1ccc(N(CCCCC(NC(=O)CC(Cc2ccc(F)cc2)NC(=O)CCC(=O)NCCCO[C@H]2CC[C@@]3(C)C(=CC[C@H]4[C@@H]5CC[C@H](C(C)CCCC(C)C)[C@@]5(C)CC[C@@H]43)C2)C(=O)Nc2ccc(CO)cc2)C(c2ccccc2)c2ccccc2)cc1. The van der Waals surface area contributed by atoms with Crippen LogP contribution in [-0.2, 0) is 36.9 Å². The van der Waals surface area contributed by atoms with Crippen LogP contribution in [0, 0.1) is 52.2 Å². The number of hydrogen-bond donors (Lipinski definition) is 5. The number of carbonyl (C=O) groups is 4. The Morgan fingerprint density at radius 2 is 1.39 bits per heavy atom. The summed E-state index contributed by atoms with van der Waals surface area (Å²) in [6.45, 7) is 14.0. The Kier molecular flexibility index (Phi) is 24.4. The number of allylic oxidation sites excluding steroid dienone is 1. The number of fused-ring (bicyclic) bond motifs is 5. The van der Waals surface area contributed by atoms with Gasteiger partial charge in [0, 0.05) is 56.4 Å². The molecule has 4 aliphatic carbocycles. The number of unbranched alkanes of at least 4 members (excludes halogenated alkanes) is 1. The number of aliphatic hydroxyl groups is 1. The second-order valence-electron chi connectivity index (χ2n) is 27.6. The lowest BCUT2D eigenvalue weighted by molar-refractivity contribution is -0.128. The molecule has 5 N–H and O–H groups in total. The summed E-state index contributed by atoms with van der Waals surface area (Å²) in [4.78, 5) is 57.7. The van der Waals surface area contributed by atoms with Crippen molar-refractivity contribution in [3.05, 3.63) is 173 Å². The van der Waals surface area contributed by atoms with Gasteiger partial charge in [-0.2, -0.15) is 0 Å². The van der Waals surface area contributed by atoms with Gasteiger partial charge in [-0.25, -0.2) is 4.39 Å². The number of ether oxygens (including phenoxy) is 2. The fourth-order valence-corrected chi connectivity index (χ4v) is 16.3. The maximum Gasteiger partial charge on any atom is 0.246 e. The van der Waals surface area contributed by atoms with Gasteiger partial charge >= 0.3 is 0 Å². The molecule has 0 bridgehead atoms. The number of hydrogen-bond acceptors (Lipinski definition) is 8. The largest absolute Gasteiger partial charge is 0.497 e. The van der Waals surface area contributed by atoms with Crippen LogP contribution in [0.25, 0.3) is 0 Å². The van der Waals surface area contributed by atoms with E-state index in [9.17, 15) is 28.7 Å². The van der Waals surface area contributed by atoms with Crippen LogP contribution in [-0.4, -0.2) is 73.7 Å². The van der Waals surface area contributed by atoms with Crippen molar-refractivity contribution in [2.75, 3.05) is 37.0 Å². The van der Waals surface area contributed by atoms with Crippen LogP contribution in [0.15, 0.2) is 145 Å². The van der Waals surface area contributed by atoms with E-state index in [4.69, 9.17) is 9.47 Å². The standard InChI is InChI=1S/C77H102FN5O7/c1-53(2)17-15-18-54(3)67-38-39-68-66-37-28-59-50-65(42-44-76(59,4)69(66)43-45-77(67,68)5)90-48-16-46-79-71(85)40-41-72(86)80-62(49-55-24-29-60(78)30-25-55)51-73(87)82-70(75(88)81-61-31-26-56(52-84)27-32-61)23-13-14-47-83(63-33-35-64(89-6)36-34-63)74(57-19-9-7-10-20-57)58-21-11-8-12-22-58/h7-12,19-22,24-36,53-54,62,65-70,74,84H,13-18,23,37-52H2,1-6H3,(H,79,85)(H,80,86)(H,81,88)(H,82,87)/t54?,62?,65-,66-,67+,68-,69-,70?,76-,77+/m0/s1. The maximum absolute atomic E-state index is 14.3. The molecule has 3 fully saturated rings. The molecule has 90 heavy (non-hydrogen) atoms. The van der Waals surface area contributed by atoms with Crippen molar-refractivity contribution in [3.8, 4) is 5.75 Å². The Bertz CT molecular complexity index is 3070. The molecule has 3 saturated carbocycles. The lowest BCUT2D eigenvalue weighted by Crippen LogP contribution is -2.51. The van der Waals surface area contributed by atoms with Gasteiger partial charge in [0.05, 0.1) is 25.9 Å². The number of benzene rings is 5. The summed E-state index contributed by atoms with van der Waals surface area (Å²) in [5.74, 6) is 3.71. The Hall–Kier alpha value is -6.83. The van der Waals surface area contributed by atoms with E-state index in [1.807, 2.05) is 48.5 Å². The zero-order valence-electron chi connectivity index (χ0n) is 54.5. The summed E-state index contributed by atoms with van der Waals surface area (Å²) >= 11 is 0. The lowest BCUT2D eigenvalue weighted by Gasteiger charge is -2.58. The number of halogens is 1. The Morgan fingerprint density at radius 3 is 2.07 bits per heavy atom. The third kappa shape index (κ3) is 17.8. The summed E-state index contributed by atoms with van der Waals surface area (Å²) in [6, 6.07) is 39.7. The molecular weight excluding hydrogens is 1130 g/mol. The van der Waals surface area contributed by atoms with Crippen molar-refractivity contribution in [2.45, 2.75) is 187 Å². The van der Waals surface area contributed by atoms with Crippen molar-refractivity contribution in [1.29, 1.82) is 0 Å². The molecule has 484 valence electrons. The molecule has 0 saturated heterocycles. The molecule has 12 nitrogen and oxygen atoms in total. The first-order valence-electron chi connectivity index (χ1n) is 34.0. The first-order valence-corrected chi connectivity index (χ1v) is 34.0. The highest BCUT2D eigenvalue weighted by atomic mass is 19.1. The van der Waals surface area contributed by atoms with Crippen LogP contribution in [0.2, 0.25) is 0 Å². The van der Waals surface area contributed by atoms with Crippen molar-refractivity contribution in [3.63, 3.8) is 0 Å². The maximum atomic E-state index is 14.3. The van der Waals surface area contributed by atoms with E-state index in [1.165, 1.54) is 69.9 Å². The number of anilines is 2. The number of amides is 4. The van der Waals surface area contributed by atoms with Crippen LogP contribution in [0.5, 0.6) is 5.75 Å². The summed E-state index contributed by atoms with van der Waals surface area (Å²) in [5.41, 5.74) is 7.51. The number of methoxy groups -OCH3 is 1. The summed E-state index contributed by atoms with van der Waals surface area (Å²) in [7, 11) is 1.65. The molecule has 0 heterocycles. The van der Waals surface area contributed by atoms with Gasteiger partial charge in [-0.05, 0) is 201 Å². The second-order valence-corrected chi connectivity index (χ2v) is 27.6. The van der Waals surface area contributed by atoms with E-state index in [0.717, 1.165) is 70.9 Å². The monoisotopic (exact) mass is 1230 g/mol. The Morgan fingerprint density at radius 1 is 0.700 bits per heavy atom. The van der Waals surface area contributed by atoms with Crippen LogP contribution in [0.3, 0.4) is 0 Å². The zero-order chi connectivity index (χ0) is 63.6. The molecule has 5 aromatic carbocycles.